The van der Waals surface area contributed by atoms with E-state index >= 15 is 0 Å². The Labute approximate surface area is 104 Å². The summed E-state index contributed by atoms with van der Waals surface area (Å²) in [7, 11) is 1.77. The van der Waals surface area contributed by atoms with Crippen LogP contribution in [-0.4, -0.2) is 18.7 Å². The van der Waals surface area contributed by atoms with Crippen LogP contribution in [0.3, 0.4) is 0 Å². The molecule has 0 saturated heterocycles. The van der Waals surface area contributed by atoms with Crippen LogP contribution in [0, 0.1) is 5.82 Å². The predicted molar refractivity (Wildman–Crippen MR) is 67.1 cm³/mol. The summed E-state index contributed by atoms with van der Waals surface area (Å²) in [5.41, 5.74) is 1.35. The minimum Gasteiger partial charge on any atom is -0.387 e. The molecule has 1 aromatic carbocycles. The zero-order valence-corrected chi connectivity index (χ0v) is 11.3. The van der Waals surface area contributed by atoms with Crippen molar-refractivity contribution in [2.24, 2.45) is 0 Å². The molecule has 90 valence electrons. The fourth-order valence-electron chi connectivity index (χ4n) is 1.56. The van der Waals surface area contributed by atoms with Crippen LogP contribution in [0.1, 0.15) is 37.0 Å². The van der Waals surface area contributed by atoms with Crippen LogP contribution in [0.15, 0.2) is 16.6 Å². The highest BCUT2D eigenvalue weighted by Crippen LogP contribution is 2.29. The minimum atomic E-state index is -0.612. The first-order chi connectivity index (χ1) is 7.47. The van der Waals surface area contributed by atoms with E-state index in [0.29, 0.717) is 16.6 Å². The molecule has 0 aromatic heterocycles. The number of aliphatic hydroxyl groups is 1. The van der Waals surface area contributed by atoms with Crippen LogP contribution in [0.25, 0.3) is 0 Å². The zero-order valence-electron chi connectivity index (χ0n) is 9.72. The van der Waals surface area contributed by atoms with Crippen molar-refractivity contribution in [3.8, 4) is 0 Å². The van der Waals surface area contributed by atoms with Crippen molar-refractivity contribution in [1.29, 1.82) is 0 Å². The van der Waals surface area contributed by atoms with Gasteiger partial charge in [0, 0.05) is 6.54 Å². The Morgan fingerprint density at radius 2 is 2.06 bits per heavy atom. The number of likely N-dealkylation sites (N-methyl/N-ethyl adjacent to an activating group) is 1. The zero-order chi connectivity index (χ0) is 12.3. The molecular formula is C12H17BrFNO. The van der Waals surface area contributed by atoms with E-state index in [9.17, 15) is 9.50 Å². The van der Waals surface area contributed by atoms with Gasteiger partial charge >= 0.3 is 0 Å². The van der Waals surface area contributed by atoms with Crippen LogP contribution in [0.2, 0.25) is 0 Å². The summed E-state index contributed by atoms with van der Waals surface area (Å²) < 4.78 is 14.1. The van der Waals surface area contributed by atoms with Crippen molar-refractivity contribution in [1.82, 2.24) is 5.32 Å². The second kappa shape index (κ2) is 5.75. The van der Waals surface area contributed by atoms with E-state index < -0.39 is 6.10 Å². The van der Waals surface area contributed by atoms with Gasteiger partial charge in [0.15, 0.2) is 0 Å². The molecule has 0 bridgehead atoms. The summed E-state index contributed by atoms with van der Waals surface area (Å²) in [4.78, 5) is 0. The van der Waals surface area contributed by atoms with Crippen molar-refractivity contribution < 1.29 is 9.50 Å². The number of halogens is 2. The smallest absolute Gasteiger partial charge is 0.140 e. The molecule has 0 spiro atoms. The van der Waals surface area contributed by atoms with Crippen LogP contribution in [0.5, 0.6) is 0 Å². The van der Waals surface area contributed by atoms with Gasteiger partial charge in [0.1, 0.15) is 5.82 Å². The Balaban J connectivity index is 3.13. The lowest BCUT2D eigenvalue weighted by molar-refractivity contribution is 0.177. The molecule has 0 aliphatic heterocycles. The molecule has 0 aliphatic rings. The Morgan fingerprint density at radius 1 is 1.44 bits per heavy atom. The maximum atomic E-state index is 13.7. The van der Waals surface area contributed by atoms with Gasteiger partial charge in [0.05, 0.1) is 10.6 Å². The minimum absolute atomic E-state index is 0.0954. The molecule has 1 unspecified atom stereocenters. The summed E-state index contributed by atoms with van der Waals surface area (Å²) in [5, 5.41) is 12.7. The van der Waals surface area contributed by atoms with Crippen LogP contribution in [-0.2, 0) is 0 Å². The summed E-state index contributed by atoms with van der Waals surface area (Å²) in [6, 6.07) is 3.36. The lowest BCUT2D eigenvalue weighted by Crippen LogP contribution is -2.17. The Hall–Kier alpha value is -0.450. The van der Waals surface area contributed by atoms with Crippen molar-refractivity contribution in [3.05, 3.63) is 33.5 Å². The van der Waals surface area contributed by atoms with E-state index in [1.165, 1.54) is 0 Å². The quantitative estimate of drug-likeness (QED) is 0.893. The molecule has 1 aromatic rings. The van der Waals surface area contributed by atoms with E-state index in [1.54, 1.807) is 19.2 Å². The molecule has 1 atom stereocenters. The van der Waals surface area contributed by atoms with Gasteiger partial charge in [0.2, 0.25) is 0 Å². The normalized spacial score (nSPS) is 13.2. The third-order valence-electron chi connectivity index (χ3n) is 2.48. The third-order valence-corrected chi connectivity index (χ3v) is 3.06. The van der Waals surface area contributed by atoms with Gasteiger partial charge in [-0.15, -0.1) is 0 Å². The highest BCUT2D eigenvalue weighted by Gasteiger charge is 2.15. The first-order valence-corrected chi connectivity index (χ1v) is 6.08. The molecule has 0 saturated carbocycles. The number of hydrogen-bond donors (Lipinski definition) is 2. The van der Waals surface area contributed by atoms with Gasteiger partial charge in [-0.05, 0) is 52.2 Å². The first kappa shape index (κ1) is 13.6. The average molecular weight is 290 g/mol. The topological polar surface area (TPSA) is 32.3 Å². The van der Waals surface area contributed by atoms with Crippen molar-refractivity contribution in [2.75, 3.05) is 13.6 Å². The second-order valence-electron chi connectivity index (χ2n) is 4.13. The fourth-order valence-corrected chi connectivity index (χ4v) is 2.05. The number of nitrogens with one attached hydrogen (secondary N) is 1. The molecule has 4 heteroatoms. The number of benzene rings is 1. The molecule has 0 aliphatic carbocycles. The number of rotatable bonds is 4. The summed E-state index contributed by atoms with van der Waals surface area (Å²) in [6.07, 6.45) is -0.612. The van der Waals surface area contributed by atoms with Crippen LogP contribution < -0.4 is 5.32 Å². The lowest BCUT2D eigenvalue weighted by atomic mass is 9.98. The fraction of sp³-hybridized carbons (Fsp3) is 0.500. The molecule has 0 amide bonds. The van der Waals surface area contributed by atoms with Gasteiger partial charge < -0.3 is 10.4 Å². The molecule has 2 N–H and O–H groups in total. The van der Waals surface area contributed by atoms with E-state index in [2.05, 4.69) is 21.2 Å². The van der Waals surface area contributed by atoms with Crippen molar-refractivity contribution in [2.45, 2.75) is 25.9 Å². The van der Waals surface area contributed by atoms with Gasteiger partial charge in [-0.2, -0.15) is 0 Å². The predicted octanol–water partition coefficient (Wildman–Crippen LogP) is 2.96. The monoisotopic (exact) mass is 289 g/mol. The maximum absolute atomic E-state index is 13.7. The second-order valence-corrected chi connectivity index (χ2v) is 4.99. The highest BCUT2D eigenvalue weighted by atomic mass is 79.9. The standard InChI is InChI=1S/C12H17BrFNO/c1-7(2)9-4-8(11(16)6-15-3)5-10(13)12(9)14/h4-5,7,11,15-16H,6H2,1-3H3. The molecule has 0 heterocycles. The number of aliphatic hydroxyl groups excluding tert-OH is 1. The van der Waals surface area contributed by atoms with E-state index in [1.807, 2.05) is 13.8 Å². The lowest BCUT2D eigenvalue weighted by Gasteiger charge is -2.15. The molecular weight excluding hydrogens is 273 g/mol. The largest absolute Gasteiger partial charge is 0.387 e. The summed E-state index contributed by atoms with van der Waals surface area (Å²) in [6.45, 7) is 4.31. The maximum Gasteiger partial charge on any atom is 0.140 e. The summed E-state index contributed by atoms with van der Waals surface area (Å²) >= 11 is 3.18. The Bertz CT molecular complexity index is 368. The average Bonchev–Trinajstić information content (AvgIpc) is 2.21. The van der Waals surface area contributed by atoms with E-state index in [4.69, 9.17) is 0 Å². The Kier molecular flexibility index (Phi) is 4.89. The van der Waals surface area contributed by atoms with Crippen LogP contribution >= 0.6 is 15.9 Å². The van der Waals surface area contributed by atoms with E-state index in [-0.39, 0.29) is 11.7 Å². The van der Waals surface area contributed by atoms with Crippen molar-refractivity contribution >= 4 is 15.9 Å². The SMILES string of the molecule is CNCC(O)c1cc(Br)c(F)c(C(C)C)c1. The molecule has 1 rings (SSSR count). The molecule has 0 fully saturated rings. The molecule has 16 heavy (non-hydrogen) atoms. The van der Waals surface area contributed by atoms with E-state index in [0.717, 1.165) is 5.56 Å². The van der Waals surface area contributed by atoms with Crippen LogP contribution in [0.4, 0.5) is 4.39 Å². The van der Waals surface area contributed by atoms with Gasteiger partial charge in [-0.3, -0.25) is 0 Å². The summed E-state index contributed by atoms with van der Waals surface area (Å²) in [5.74, 6) is -0.145. The van der Waals surface area contributed by atoms with Crippen molar-refractivity contribution in [3.63, 3.8) is 0 Å². The van der Waals surface area contributed by atoms with Gasteiger partial charge in [-0.25, -0.2) is 4.39 Å². The highest BCUT2D eigenvalue weighted by molar-refractivity contribution is 9.10. The number of hydrogen-bond acceptors (Lipinski definition) is 2. The molecule has 0 radical (unpaired) electrons. The third kappa shape index (κ3) is 3.03. The molecule has 2 nitrogen and oxygen atoms in total. The Morgan fingerprint density at radius 3 is 2.56 bits per heavy atom. The van der Waals surface area contributed by atoms with Gasteiger partial charge in [0.25, 0.3) is 0 Å². The first-order valence-electron chi connectivity index (χ1n) is 5.28. The van der Waals surface area contributed by atoms with Gasteiger partial charge in [-0.1, -0.05) is 13.8 Å².